The first-order valence-electron chi connectivity index (χ1n) is 6.52. The molecule has 0 spiro atoms. The van der Waals surface area contributed by atoms with Gasteiger partial charge in [-0.3, -0.25) is 0 Å². The smallest absolute Gasteiger partial charge is 0.119 e. The van der Waals surface area contributed by atoms with Crippen molar-refractivity contribution in [2.24, 2.45) is 0 Å². The lowest BCUT2D eigenvalue weighted by Crippen LogP contribution is -2.19. The molecule has 98 valence electrons. The normalized spacial score (nSPS) is 15.3. The third-order valence-electron chi connectivity index (χ3n) is 3.05. The summed E-state index contributed by atoms with van der Waals surface area (Å²) in [6, 6.07) is 8.38. The van der Waals surface area contributed by atoms with Crippen LogP contribution < -0.4 is 10.1 Å². The maximum absolute atomic E-state index is 5.64. The number of nitrogens with one attached hydrogen (secondary N) is 1. The maximum Gasteiger partial charge on any atom is 0.119 e. The van der Waals surface area contributed by atoms with E-state index in [0.29, 0.717) is 6.61 Å². The zero-order chi connectivity index (χ0) is 12.6. The monoisotopic (exact) mass is 247 g/mol. The second-order valence-electron chi connectivity index (χ2n) is 4.40. The van der Waals surface area contributed by atoms with Crippen LogP contribution in [0.4, 0.5) is 0 Å². The number of ether oxygens (including phenoxy) is 2. The van der Waals surface area contributed by atoms with Crippen molar-refractivity contribution in [1.82, 2.24) is 5.32 Å². The summed E-state index contributed by atoms with van der Waals surface area (Å²) < 4.78 is 10.6. The lowest BCUT2D eigenvalue weighted by Gasteiger charge is -2.14. The first-order valence-corrected chi connectivity index (χ1v) is 6.52. The second kappa shape index (κ2) is 7.19. The Balaban J connectivity index is 1.87. The van der Waals surface area contributed by atoms with Gasteiger partial charge in [-0.25, -0.2) is 0 Å². The maximum atomic E-state index is 5.64. The molecular formula is C15H21NO2. The fraction of sp³-hybridized carbons (Fsp3) is 0.467. The zero-order valence-electron chi connectivity index (χ0n) is 10.9. The second-order valence-corrected chi connectivity index (χ2v) is 4.40. The Morgan fingerprint density at radius 1 is 1.17 bits per heavy atom. The highest BCUT2D eigenvalue weighted by Gasteiger charge is 2.05. The van der Waals surface area contributed by atoms with Crippen molar-refractivity contribution < 1.29 is 9.47 Å². The first kappa shape index (κ1) is 13.1. The van der Waals surface area contributed by atoms with Crippen molar-refractivity contribution in [3.63, 3.8) is 0 Å². The number of benzene rings is 1. The van der Waals surface area contributed by atoms with Crippen LogP contribution in [-0.4, -0.2) is 33.4 Å². The lowest BCUT2D eigenvalue weighted by molar-refractivity contribution is 0.172. The van der Waals surface area contributed by atoms with Gasteiger partial charge in [0.05, 0.1) is 6.61 Å². The van der Waals surface area contributed by atoms with E-state index in [1.807, 2.05) is 12.1 Å². The predicted octanol–water partition coefficient (Wildman–Crippen LogP) is 2.48. The summed E-state index contributed by atoms with van der Waals surface area (Å²) in [6.45, 7) is 3.50. The third-order valence-corrected chi connectivity index (χ3v) is 3.05. The average Bonchev–Trinajstić information content (AvgIpc) is 2.45. The van der Waals surface area contributed by atoms with Gasteiger partial charge >= 0.3 is 0 Å². The Labute approximate surface area is 109 Å². The van der Waals surface area contributed by atoms with E-state index in [1.165, 1.54) is 11.1 Å². The molecular weight excluding hydrogens is 226 g/mol. The quantitative estimate of drug-likeness (QED) is 0.783. The zero-order valence-corrected chi connectivity index (χ0v) is 10.9. The number of hydrogen-bond donors (Lipinski definition) is 1. The molecule has 0 saturated carbocycles. The van der Waals surface area contributed by atoms with E-state index in [1.54, 1.807) is 7.11 Å². The summed E-state index contributed by atoms with van der Waals surface area (Å²) in [4.78, 5) is 0. The highest BCUT2D eigenvalue weighted by molar-refractivity contribution is 5.67. The minimum Gasteiger partial charge on any atom is -0.494 e. The molecule has 1 N–H and O–H groups in total. The van der Waals surface area contributed by atoms with Gasteiger partial charge in [0.1, 0.15) is 5.75 Å². The molecule has 0 saturated heterocycles. The van der Waals surface area contributed by atoms with Crippen LogP contribution in [0.5, 0.6) is 5.75 Å². The van der Waals surface area contributed by atoms with E-state index in [2.05, 4.69) is 23.5 Å². The predicted molar refractivity (Wildman–Crippen MR) is 73.9 cm³/mol. The fourth-order valence-corrected chi connectivity index (χ4v) is 2.04. The van der Waals surface area contributed by atoms with E-state index in [9.17, 15) is 0 Å². The van der Waals surface area contributed by atoms with Crippen LogP contribution in [0.3, 0.4) is 0 Å². The molecule has 0 atom stereocenters. The minimum absolute atomic E-state index is 0.708. The molecule has 0 radical (unpaired) electrons. The van der Waals surface area contributed by atoms with Gasteiger partial charge < -0.3 is 14.8 Å². The SMILES string of the molecule is COCCCOc1ccc(C2=CCNCC2)cc1. The van der Waals surface area contributed by atoms with Crippen LogP contribution in [0.15, 0.2) is 30.3 Å². The van der Waals surface area contributed by atoms with Crippen LogP contribution in [0.25, 0.3) is 5.57 Å². The standard InChI is InChI=1S/C15H21NO2/c1-17-11-2-12-18-15-5-3-13(4-6-15)14-7-9-16-10-8-14/h3-7,16H,2,8-12H2,1H3. The van der Waals surface area contributed by atoms with Gasteiger partial charge in [-0.15, -0.1) is 0 Å². The molecule has 3 heteroatoms. The molecule has 0 fully saturated rings. The molecule has 1 aliphatic heterocycles. The molecule has 0 aliphatic carbocycles. The summed E-state index contributed by atoms with van der Waals surface area (Å²) in [5.41, 5.74) is 2.74. The van der Waals surface area contributed by atoms with Crippen LogP contribution in [-0.2, 0) is 4.74 Å². The van der Waals surface area contributed by atoms with Crippen molar-refractivity contribution in [3.05, 3.63) is 35.9 Å². The summed E-state index contributed by atoms with van der Waals surface area (Å²) in [5.74, 6) is 0.935. The van der Waals surface area contributed by atoms with Crippen molar-refractivity contribution in [1.29, 1.82) is 0 Å². The van der Waals surface area contributed by atoms with Gasteiger partial charge in [-0.05, 0) is 36.2 Å². The Bertz CT molecular complexity index is 384. The molecule has 1 aromatic rings. The molecule has 1 aliphatic rings. The average molecular weight is 247 g/mol. The molecule has 1 heterocycles. The summed E-state index contributed by atoms with van der Waals surface area (Å²) in [5, 5.41) is 3.32. The molecule has 0 amide bonds. The van der Waals surface area contributed by atoms with E-state index in [0.717, 1.165) is 38.3 Å². The van der Waals surface area contributed by atoms with Crippen molar-refractivity contribution in [2.45, 2.75) is 12.8 Å². The summed E-state index contributed by atoms with van der Waals surface area (Å²) in [7, 11) is 1.71. The highest BCUT2D eigenvalue weighted by Crippen LogP contribution is 2.22. The number of methoxy groups -OCH3 is 1. The molecule has 0 aromatic heterocycles. The number of rotatable bonds is 6. The van der Waals surface area contributed by atoms with E-state index >= 15 is 0 Å². The molecule has 0 bridgehead atoms. The minimum atomic E-state index is 0.708. The van der Waals surface area contributed by atoms with Gasteiger partial charge in [-0.2, -0.15) is 0 Å². The summed E-state index contributed by atoms with van der Waals surface area (Å²) in [6.07, 6.45) is 4.29. The Morgan fingerprint density at radius 3 is 2.67 bits per heavy atom. The van der Waals surface area contributed by atoms with Crippen LogP contribution in [0.2, 0.25) is 0 Å². The van der Waals surface area contributed by atoms with Gasteiger partial charge in [0, 0.05) is 26.7 Å². The van der Waals surface area contributed by atoms with Crippen molar-refractivity contribution >= 4 is 5.57 Å². The molecule has 18 heavy (non-hydrogen) atoms. The largest absolute Gasteiger partial charge is 0.494 e. The first-order chi connectivity index (χ1) is 8.90. The molecule has 1 aromatic carbocycles. The Morgan fingerprint density at radius 2 is 2.00 bits per heavy atom. The van der Waals surface area contributed by atoms with Crippen molar-refractivity contribution in [3.8, 4) is 5.75 Å². The van der Waals surface area contributed by atoms with E-state index < -0.39 is 0 Å². The Kier molecular flexibility index (Phi) is 5.24. The highest BCUT2D eigenvalue weighted by atomic mass is 16.5. The van der Waals surface area contributed by atoms with Gasteiger partial charge in [-0.1, -0.05) is 18.2 Å². The van der Waals surface area contributed by atoms with Crippen LogP contribution in [0.1, 0.15) is 18.4 Å². The molecule has 2 rings (SSSR count). The summed E-state index contributed by atoms with van der Waals surface area (Å²) >= 11 is 0. The Hall–Kier alpha value is -1.32. The fourth-order valence-electron chi connectivity index (χ4n) is 2.04. The molecule has 0 unspecified atom stereocenters. The van der Waals surface area contributed by atoms with Gasteiger partial charge in [0.25, 0.3) is 0 Å². The third kappa shape index (κ3) is 3.86. The van der Waals surface area contributed by atoms with Gasteiger partial charge in [0.2, 0.25) is 0 Å². The van der Waals surface area contributed by atoms with Gasteiger partial charge in [0.15, 0.2) is 0 Å². The van der Waals surface area contributed by atoms with E-state index in [-0.39, 0.29) is 0 Å². The van der Waals surface area contributed by atoms with Crippen LogP contribution >= 0.6 is 0 Å². The van der Waals surface area contributed by atoms with Crippen LogP contribution in [0, 0.1) is 0 Å². The van der Waals surface area contributed by atoms with E-state index in [4.69, 9.17) is 9.47 Å². The number of hydrogen-bond acceptors (Lipinski definition) is 3. The molecule has 3 nitrogen and oxygen atoms in total. The lowest BCUT2D eigenvalue weighted by atomic mass is 10.0. The van der Waals surface area contributed by atoms with Crippen molar-refractivity contribution in [2.75, 3.05) is 33.4 Å². The topological polar surface area (TPSA) is 30.5 Å².